The average molecular weight is 367 g/mol. The fourth-order valence-electron chi connectivity index (χ4n) is 1.19. The van der Waals surface area contributed by atoms with Crippen LogP contribution in [0.2, 0.25) is 5.15 Å². The molecule has 4 nitrogen and oxygen atoms in total. The van der Waals surface area contributed by atoms with Gasteiger partial charge in [0.05, 0.1) is 11.6 Å². The Bertz CT molecular complexity index is 634. The minimum atomic E-state index is -0.586. The van der Waals surface area contributed by atoms with Gasteiger partial charge in [-0.05, 0) is 34.1 Å². The van der Waals surface area contributed by atoms with Crippen molar-refractivity contribution in [2.75, 3.05) is 7.11 Å². The molecule has 0 N–H and O–H groups in total. The van der Waals surface area contributed by atoms with E-state index in [0.717, 1.165) is 11.3 Å². The smallest absolute Gasteiger partial charge is 0.351 e. The number of rotatable bonds is 3. The Balaban J connectivity index is 2.24. The van der Waals surface area contributed by atoms with E-state index in [1.165, 1.54) is 25.3 Å². The van der Waals surface area contributed by atoms with Gasteiger partial charge in [-0.25, -0.2) is 9.18 Å². The topological polar surface area (TPSA) is 48.4 Å². The quantitative estimate of drug-likeness (QED) is 0.761. The maximum atomic E-state index is 13.1. The van der Waals surface area contributed by atoms with E-state index in [0.29, 0.717) is 5.75 Å². The van der Waals surface area contributed by atoms with E-state index >= 15 is 0 Å². The third-order valence-electron chi connectivity index (χ3n) is 2.03. The van der Waals surface area contributed by atoms with Crippen molar-refractivity contribution in [1.29, 1.82) is 0 Å². The highest BCUT2D eigenvalue weighted by Crippen LogP contribution is 2.33. The number of methoxy groups -OCH3 is 1. The number of benzene rings is 1. The van der Waals surface area contributed by atoms with Crippen LogP contribution in [0, 0.1) is 5.82 Å². The van der Waals surface area contributed by atoms with Gasteiger partial charge < -0.3 is 9.47 Å². The molecule has 0 saturated carbocycles. The summed E-state index contributed by atoms with van der Waals surface area (Å²) in [5, 5.41) is 0.178. The monoisotopic (exact) mass is 365 g/mol. The highest BCUT2D eigenvalue weighted by molar-refractivity contribution is 9.10. The Hall–Kier alpha value is -1.18. The Morgan fingerprint density at radius 2 is 2.26 bits per heavy atom. The van der Waals surface area contributed by atoms with Crippen LogP contribution in [-0.4, -0.2) is 18.1 Å². The molecule has 1 aromatic carbocycles. The SMILES string of the molecule is COC(=O)c1sc(Oc2ccc(F)c(Br)c2)nc1Cl. The molecule has 1 heterocycles. The highest BCUT2D eigenvalue weighted by Gasteiger charge is 2.18. The van der Waals surface area contributed by atoms with Crippen molar-refractivity contribution >= 4 is 44.8 Å². The van der Waals surface area contributed by atoms with E-state index in [-0.39, 0.29) is 19.7 Å². The van der Waals surface area contributed by atoms with Crippen LogP contribution >= 0.6 is 38.9 Å². The van der Waals surface area contributed by atoms with E-state index in [9.17, 15) is 9.18 Å². The molecule has 19 heavy (non-hydrogen) atoms. The van der Waals surface area contributed by atoms with Crippen LogP contribution in [0.1, 0.15) is 9.67 Å². The van der Waals surface area contributed by atoms with Crippen LogP contribution in [0.25, 0.3) is 0 Å². The number of aromatic nitrogens is 1. The summed E-state index contributed by atoms with van der Waals surface area (Å²) in [7, 11) is 1.25. The third-order valence-corrected chi connectivity index (χ3v) is 3.94. The third kappa shape index (κ3) is 3.23. The number of esters is 1. The molecule has 0 amide bonds. The predicted octanol–water partition coefficient (Wildman–Crippen LogP) is 4.28. The summed E-state index contributed by atoms with van der Waals surface area (Å²) >= 11 is 9.78. The summed E-state index contributed by atoms with van der Waals surface area (Å²) in [6.07, 6.45) is 0. The molecular weight excluding hydrogens is 361 g/mol. The van der Waals surface area contributed by atoms with Gasteiger partial charge in [-0.3, -0.25) is 0 Å². The largest absolute Gasteiger partial charge is 0.465 e. The Morgan fingerprint density at radius 1 is 1.53 bits per heavy atom. The lowest BCUT2D eigenvalue weighted by atomic mass is 10.3. The molecule has 0 radical (unpaired) electrons. The predicted molar refractivity (Wildman–Crippen MR) is 72.6 cm³/mol. The Kier molecular flexibility index (Phi) is 4.38. The molecule has 0 aliphatic rings. The van der Waals surface area contributed by atoms with Gasteiger partial charge in [0.25, 0.3) is 5.19 Å². The second-order valence-corrected chi connectivity index (χ2v) is 5.44. The second kappa shape index (κ2) is 5.85. The molecule has 2 rings (SSSR count). The number of hydrogen-bond acceptors (Lipinski definition) is 5. The van der Waals surface area contributed by atoms with Crippen molar-refractivity contribution in [3.8, 4) is 10.9 Å². The normalized spacial score (nSPS) is 10.3. The molecule has 2 aromatic rings. The first-order valence-electron chi connectivity index (χ1n) is 4.89. The number of carbonyl (C=O) groups excluding carboxylic acids is 1. The minimum absolute atomic E-state index is 0.00743. The van der Waals surface area contributed by atoms with Crippen LogP contribution in [0.15, 0.2) is 22.7 Å². The molecule has 0 aliphatic heterocycles. The molecule has 0 saturated heterocycles. The number of nitrogens with zero attached hydrogens (tertiary/aromatic N) is 1. The molecule has 100 valence electrons. The number of carbonyl (C=O) groups is 1. The zero-order chi connectivity index (χ0) is 14.0. The number of halogens is 3. The zero-order valence-corrected chi connectivity index (χ0v) is 12.6. The van der Waals surface area contributed by atoms with Gasteiger partial charge in [-0.2, -0.15) is 4.98 Å². The Morgan fingerprint density at radius 3 is 2.89 bits per heavy atom. The van der Waals surface area contributed by atoms with Crippen LogP contribution in [0.5, 0.6) is 10.9 Å². The maximum Gasteiger partial charge on any atom is 0.351 e. The van der Waals surface area contributed by atoms with Crippen molar-refractivity contribution in [2.45, 2.75) is 0 Å². The van der Waals surface area contributed by atoms with Crippen molar-refractivity contribution in [3.63, 3.8) is 0 Å². The molecule has 1 aromatic heterocycles. The van der Waals surface area contributed by atoms with E-state index in [1.807, 2.05) is 0 Å². The van der Waals surface area contributed by atoms with Crippen LogP contribution in [0.3, 0.4) is 0 Å². The summed E-state index contributed by atoms with van der Waals surface area (Å²) in [5.41, 5.74) is 0. The zero-order valence-electron chi connectivity index (χ0n) is 9.45. The molecule has 0 fully saturated rings. The summed E-state index contributed by atoms with van der Waals surface area (Å²) in [5.74, 6) is -0.618. The molecule has 0 bridgehead atoms. The van der Waals surface area contributed by atoms with Gasteiger partial charge in [0.1, 0.15) is 11.6 Å². The summed E-state index contributed by atoms with van der Waals surface area (Å²) in [6.45, 7) is 0. The van der Waals surface area contributed by atoms with Crippen molar-refractivity contribution in [1.82, 2.24) is 4.98 Å². The van der Waals surface area contributed by atoms with Crippen LogP contribution in [-0.2, 0) is 4.74 Å². The highest BCUT2D eigenvalue weighted by atomic mass is 79.9. The first kappa shape index (κ1) is 14.2. The van der Waals surface area contributed by atoms with E-state index in [2.05, 4.69) is 25.7 Å². The summed E-state index contributed by atoms with van der Waals surface area (Å²) in [4.78, 5) is 15.4. The molecule has 8 heteroatoms. The van der Waals surface area contributed by atoms with Gasteiger partial charge in [-0.15, -0.1) is 0 Å². The van der Waals surface area contributed by atoms with Gasteiger partial charge in [0, 0.05) is 0 Å². The second-order valence-electron chi connectivity index (χ2n) is 3.27. The number of thiazole rings is 1. The maximum absolute atomic E-state index is 13.1. The first-order valence-corrected chi connectivity index (χ1v) is 6.87. The van der Waals surface area contributed by atoms with Gasteiger partial charge in [0.15, 0.2) is 10.0 Å². The fraction of sp³-hybridized carbons (Fsp3) is 0.0909. The van der Waals surface area contributed by atoms with Gasteiger partial charge in [0.2, 0.25) is 0 Å². The van der Waals surface area contributed by atoms with Gasteiger partial charge >= 0.3 is 5.97 Å². The van der Waals surface area contributed by atoms with Crippen molar-refractivity contribution in [3.05, 3.63) is 38.5 Å². The van der Waals surface area contributed by atoms with E-state index in [4.69, 9.17) is 16.3 Å². The lowest BCUT2D eigenvalue weighted by molar-refractivity contribution is 0.0606. The molecule has 0 atom stereocenters. The molecular formula is C11H6BrClFNO3S. The minimum Gasteiger partial charge on any atom is -0.465 e. The standard InChI is InChI=1S/C11H6BrClFNO3S/c1-17-10(16)8-9(13)15-11(19-8)18-5-2-3-7(14)6(12)4-5/h2-4H,1H3. The fourth-order valence-corrected chi connectivity index (χ4v) is 2.61. The van der Waals surface area contributed by atoms with E-state index in [1.54, 1.807) is 0 Å². The first-order chi connectivity index (χ1) is 9.01. The molecule has 0 aliphatic carbocycles. The average Bonchev–Trinajstić information content (AvgIpc) is 2.74. The molecule has 0 unspecified atom stereocenters. The Labute approximate surface area is 125 Å². The molecule has 0 spiro atoms. The number of hydrogen-bond donors (Lipinski definition) is 0. The van der Waals surface area contributed by atoms with Gasteiger partial charge in [-0.1, -0.05) is 22.9 Å². The van der Waals surface area contributed by atoms with Crippen LogP contribution < -0.4 is 4.74 Å². The number of ether oxygens (including phenoxy) is 2. The lowest BCUT2D eigenvalue weighted by Crippen LogP contribution is -1.98. The van der Waals surface area contributed by atoms with E-state index < -0.39 is 11.8 Å². The van der Waals surface area contributed by atoms with Crippen LogP contribution in [0.4, 0.5) is 4.39 Å². The lowest BCUT2D eigenvalue weighted by Gasteiger charge is -2.02. The summed E-state index contributed by atoms with van der Waals surface area (Å²) in [6, 6.07) is 4.13. The van der Waals surface area contributed by atoms with Crippen molar-refractivity contribution < 1.29 is 18.7 Å². The van der Waals surface area contributed by atoms with Crippen molar-refractivity contribution in [2.24, 2.45) is 0 Å². The summed E-state index contributed by atoms with van der Waals surface area (Å²) < 4.78 is 23.3.